The minimum Gasteiger partial charge on any atom is -0.501 e. The standard InChI is InChI=1S/C24H15N4O.C11H8N.Ir/c1-15-11-12-18(21-20(15)17-9-5-6-10-19(17)29-21)23-27-22-24(26-14-13-25-22)28(23)16-7-3-2-4-8-16;1-2-6-10(7-3-1)11-8-4-5-9-12-11;/h2-11,13-14H,1H3;1-6,8-9H;/q2*-1;. The number of pyridine rings is 1. The number of hydrogen-bond acceptors (Lipinski definition) is 5. The molecule has 6 nitrogen and oxygen atoms in total. The van der Waals surface area contributed by atoms with Gasteiger partial charge in [0.2, 0.25) is 0 Å². The number of aryl methyl sites for hydroxylation is 1. The Hall–Kier alpha value is -4.97. The van der Waals surface area contributed by atoms with Crippen LogP contribution in [0.2, 0.25) is 0 Å². The Morgan fingerprint density at radius 2 is 1.52 bits per heavy atom. The molecule has 0 spiro atoms. The molecule has 0 bridgehead atoms. The summed E-state index contributed by atoms with van der Waals surface area (Å²) in [6.07, 6.45) is 5.13. The van der Waals surface area contributed by atoms with Gasteiger partial charge in [-0.1, -0.05) is 66.4 Å². The second-order valence-corrected chi connectivity index (χ2v) is 9.45. The number of imidazole rings is 1. The largest absolute Gasteiger partial charge is 0.501 e. The number of hydrogen-bond donors (Lipinski definition) is 0. The fraction of sp³-hybridized carbons (Fsp3) is 0.0286. The molecule has 4 heterocycles. The Morgan fingerprint density at radius 1 is 0.738 bits per heavy atom. The summed E-state index contributed by atoms with van der Waals surface area (Å²) in [6.45, 7) is 2.08. The molecule has 0 aliphatic carbocycles. The number of nitrogens with zero attached hydrogens (tertiary/aromatic N) is 5. The molecule has 0 unspecified atom stereocenters. The average Bonchev–Trinajstić information content (AvgIpc) is 3.63. The van der Waals surface area contributed by atoms with E-state index in [0.29, 0.717) is 17.1 Å². The van der Waals surface area contributed by atoms with Crippen LogP contribution in [0, 0.1) is 19.1 Å². The molecule has 205 valence electrons. The Balaban J connectivity index is 0.000000205. The Morgan fingerprint density at radius 3 is 2.33 bits per heavy atom. The van der Waals surface area contributed by atoms with E-state index in [0.717, 1.165) is 50.0 Å². The van der Waals surface area contributed by atoms with Crippen LogP contribution >= 0.6 is 0 Å². The number of para-hydroxylation sites is 2. The van der Waals surface area contributed by atoms with Gasteiger partial charge in [-0.2, -0.15) is 0 Å². The second-order valence-electron chi connectivity index (χ2n) is 9.45. The molecule has 0 saturated heterocycles. The van der Waals surface area contributed by atoms with Crippen LogP contribution in [0.4, 0.5) is 0 Å². The topological polar surface area (TPSA) is 69.6 Å². The minimum absolute atomic E-state index is 0. The van der Waals surface area contributed by atoms with Crippen LogP contribution in [-0.2, 0) is 20.1 Å². The van der Waals surface area contributed by atoms with Crippen molar-refractivity contribution in [3.05, 3.63) is 139 Å². The predicted molar refractivity (Wildman–Crippen MR) is 161 cm³/mol. The van der Waals surface area contributed by atoms with Gasteiger partial charge in [-0.3, -0.25) is 4.98 Å². The first-order valence-electron chi connectivity index (χ1n) is 13.2. The summed E-state index contributed by atoms with van der Waals surface area (Å²) in [5, 5.41) is 2.18. The fourth-order valence-electron chi connectivity index (χ4n) is 4.97. The van der Waals surface area contributed by atoms with Crippen molar-refractivity contribution >= 4 is 33.2 Å². The van der Waals surface area contributed by atoms with Crippen LogP contribution in [-0.4, -0.2) is 24.5 Å². The van der Waals surface area contributed by atoms with Gasteiger partial charge in [0.15, 0.2) is 11.3 Å². The Kier molecular flexibility index (Phi) is 7.69. The van der Waals surface area contributed by atoms with Crippen molar-refractivity contribution in [2.45, 2.75) is 6.92 Å². The van der Waals surface area contributed by atoms with E-state index in [9.17, 15) is 0 Å². The van der Waals surface area contributed by atoms with Crippen LogP contribution < -0.4 is 0 Å². The average molecular weight is 722 g/mol. The summed E-state index contributed by atoms with van der Waals surface area (Å²) in [6, 6.07) is 40.3. The van der Waals surface area contributed by atoms with Crippen LogP contribution in [0.1, 0.15) is 5.56 Å². The van der Waals surface area contributed by atoms with Gasteiger partial charge < -0.3 is 14.0 Å². The molecule has 0 aliphatic rings. The molecule has 42 heavy (non-hydrogen) atoms. The second kappa shape index (κ2) is 11.9. The van der Waals surface area contributed by atoms with Gasteiger partial charge in [-0.15, -0.1) is 53.6 Å². The third-order valence-electron chi connectivity index (χ3n) is 6.83. The molecule has 1 radical (unpaired) electrons. The maximum Gasteiger partial charge on any atom is 0.188 e. The molecule has 7 heteroatoms. The molecular weight excluding hydrogens is 699 g/mol. The van der Waals surface area contributed by atoms with Gasteiger partial charge in [0, 0.05) is 49.8 Å². The summed E-state index contributed by atoms with van der Waals surface area (Å²) < 4.78 is 8.29. The maximum absolute atomic E-state index is 6.28. The van der Waals surface area contributed by atoms with Crippen molar-refractivity contribution in [2.24, 2.45) is 0 Å². The van der Waals surface area contributed by atoms with E-state index in [1.54, 1.807) is 18.6 Å². The van der Waals surface area contributed by atoms with Gasteiger partial charge in [0.05, 0.1) is 11.4 Å². The van der Waals surface area contributed by atoms with Crippen LogP contribution in [0.3, 0.4) is 0 Å². The van der Waals surface area contributed by atoms with E-state index < -0.39 is 0 Å². The monoisotopic (exact) mass is 722 g/mol. The molecule has 0 amide bonds. The number of aromatic nitrogens is 5. The van der Waals surface area contributed by atoms with E-state index in [4.69, 9.17) is 9.40 Å². The van der Waals surface area contributed by atoms with Crippen LogP contribution in [0.25, 0.3) is 61.6 Å². The first-order valence-corrected chi connectivity index (χ1v) is 13.2. The smallest absolute Gasteiger partial charge is 0.188 e. The number of fused-ring (bicyclic) bond motifs is 4. The molecule has 0 aliphatic heterocycles. The van der Waals surface area contributed by atoms with Crippen LogP contribution in [0.5, 0.6) is 0 Å². The zero-order valence-electron chi connectivity index (χ0n) is 22.5. The quantitative estimate of drug-likeness (QED) is 0.173. The van der Waals surface area contributed by atoms with Crippen molar-refractivity contribution in [3.8, 4) is 28.3 Å². The first-order chi connectivity index (χ1) is 20.3. The summed E-state index contributed by atoms with van der Waals surface area (Å²) in [5.41, 5.74) is 7.80. The predicted octanol–water partition coefficient (Wildman–Crippen LogP) is 8.04. The van der Waals surface area contributed by atoms with E-state index in [1.165, 1.54) is 0 Å². The SMILES string of the molecule is Cc1c[c-]c(-c2nc3nccnc3n2-c2ccccc2)c2oc3ccccc3c12.[Ir].[c-]1ccccc1-c1ccccn1. The van der Waals surface area contributed by atoms with Crippen molar-refractivity contribution < 1.29 is 24.5 Å². The van der Waals surface area contributed by atoms with Gasteiger partial charge in [0.25, 0.3) is 0 Å². The fourth-order valence-corrected chi connectivity index (χ4v) is 4.97. The van der Waals surface area contributed by atoms with Crippen LogP contribution in [0.15, 0.2) is 126 Å². The van der Waals surface area contributed by atoms with E-state index in [2.05, 4.69) is 40.1 Å². The Bertz CT molecular complexity index is 2070. The molecule has 0 saturated carbocycles. The van der Waals surface area contributed by atoms with Gasteiger partial charge >= 0.3 is 0 Å². The molecule has 4 aromatic carbocycles. The summed E-state index contributed by atoms with van der Waals surface area (Å²) in [4.78, 5) is 18.0. The third-order valence-corrected chi connectivity index (χ3v) is 6.83. The minimum atomic E-state index is 0. The molecule has 0 N–H and O–H groups in total. The van der Waals surface area contributed by atoms with Crippen molar-refractivity contribution in [1.29, 1.82) is 0 Å². The summed E-state index contributed by atoms with van der Waals surface area (Å²) >= 11 is 0. The maximum atomic E-state index is 6.28. The summed E-state index contributed by atoms with van der Waals surface area (Å²) in [5.74, 6) is 0.710. The molecule has 0 fully saturated rings. The molecule has 8 aromatic rings. The summed E-state index contributed by atoms with van der Waals surface area (Å²) in [7, 11) is 0. The van der Waals surface area contributed by atoms with Gasteiger partial charge in [-0.25, -0.2) is 9.97 Å². The first kappa shape index (κ1) is 27.2. The molecular formula is C35H23IrN5O-2. The van der Waals surface area contributed by atoms with E-state index in [-0.39, 0.29) is 20.1 Å². The van der Waals surface area contributed by atoms with Crippen molar-refractivity contribution in [2.75, 3.05) is 0 Å². The number of benzene rings is 4. The van der Waals surface area contributed by atoms with Gasteiger partial charge in [-0.05, 0) is 30.0 Å². The van der Waals surface area contributed by atoms with Crippen molar-refractivity contribution in [1.82, 2.24) is 24.5 Å². The van der Waals surface area contributed by atoms with E-state index in [1.807, 2.05) is 102 Å². The zero-order chi connectivity index (χ0) is 27.6. The zero-order valence-corrected chi connectivity index (χ0v) is 24.9. The molecule has 4 aromatic heterocycles. The molecule has 8 rings (SSSR count). The number of rotatable bonds is 3. The third kappa shape index (κ3) is 5.00. The van der Waals surface area contributed by atoms with Gasteiger partial charge in [0.1, 0.15) is 5.58 Å². The normalized spacial score (nSPS) is 10.8. The van der Waals surface area contributed by atoms with Crippen molar-refractivity contribution in [3.63, 3.8) is 0 Å². The molecule has 0 atom stereocenters. The Labute approximate surface area is 256 Å². The van der Waals surface area contributed by atoms with E-state index >= 15 is 0 Å². The number of furan rings is 1.